The zero-order valence-electron chi connectivity index (χ0n) is 15.0. The van der Waals surface area contributed by atoms with E-state index in [-0.39, 0.29) is 30.7 Å². The van der Waals surface area contributed by atoms with Crippen molar-refractivity contribution in [3.05, 3.63) is 71.4 Å². The van der Waals surface area contributed by atoms with Gasteiger partial charge in [0.1, 0.15) is 0 Å². The minimum Gasteiger partial charge on any atom is -0.369 e. The van der Waals surface area contributed by atoms with E-state index < -0.39 is 5.91 Å². The molecule has 0 bridgehead atoms. The van der Waals surface area contributed by atoms with Crippen LogP contribution < -0.4 is 11.1 Å². The van der Waals surface area contributed by atoms with Gasteiger partial charge in [0, 0.05) is 18.8 Å². The van der Waals surface area contributed by atoms with Crippen LogP contribution in [0.25, 0.3) is 6.08 Å². The molecule has 1 unspecified atom stereocenters. The Kier molecular flexibility index (Phi) is 5.35. The molecule has 0 spiro atoms. The number of nitrogens with two attached hydrogens (primary N) is 1. The third-order valence-corrected chi connectivity index (χ3v) is 4.46. The highest BCUT2D eigenvalue weighted by Gasteiger charge is 2.28. The SMILES string of the molecule is CC(=O)N1C=Cc2ccccc2C1CC(=O)Nc1ccc(CC(N)=O)cc1. The molecule has 2 aromatic rings. The first-order chi connectivity index (χ1) is 12.9. The van der Waals surface area contributed by atoms with E-state index in [4.69, 9.17) is 5.73 Å². The van der Waals surface area contributed by atoms with Crippen molar-refractivity contribution in [2.24, 2.45) is 5.73 Å². The van der Waals surface area contributed by atoms with Crippen molar-refractivity contribution in [3.63, 3.8) is 0 Å². The number of benzene rings is 2. The molecule has 6 nitrogen and oxygen atoms in total. The number of anilines is 1. The Labute approximate surface area is 157 Å². The van der Waals surface area contributed by atoms with E-state index in [1.807, 2.05) is 30.3 Å². The maximum Gasteiger partial charge on any atom is 0.226 e. The number of nitrogens with zero attached hydrogens (tertiary/aromatic N) is 1. The van der Waals surface area contributed by atoms with E-state index in [2.05, 4.69) is 5.32 Å². The van der Waals surface area contributed by atoms with Gasteiger partial charge in [-0.2, -0.15) is 0 Å². The van der Waals surface area contributed by atoms with E-state index >= 15 is 0 Å². The fraction of sp³-hybridized carbons (Fsp3) is 0.190. The van der Waals surface area contributed by atoms with Crippen LogP contribution in [0.15, 0.2) is 54.7 Å². The summed E-state index contributed by atoms with van der Waals surface area (Å²) in [7, 11) is 0. The summed E-state index contributed by atoms with van der Waals surface area (Å²) in [6.07, 6.45) is 3.90. The second kappa shape index (κ2) is 7.86. The molecule has 0 aromatic heterocycles. The highest BCUT2D eigenvalue weighted by Crippen LogP contribution is 2.33. The molecule has 3 rings (SSSR count). The molecule has 0 saturated heterocycles. The fourth-order valence-electron chi connectivity index (χ4n) is 3.21. The summed E-state index contributed by atoms with van der Waals surface area (Å²) in [6, 6.07) is 14.3. The van der Waals surface area contributed by atoms with Crippen molar-refractivity contribution in [3.8, 4) is 0 Å². The van der Waals surface area contributed by atoms with Crippen LogP contribution >= 0.6 is 0 Å². The first-order valence-corrected chi connectivity index (χ1v) is 8.67. The monoisotopic (exact) mass is 363 g/mol. The third kappa shape index (κ3) is 4.41. The highest BCUT2D eigenvalue weighted by atomic mass is 16.2. The Hall–Kier alpha value is -3.41. The molecule has 1 aliphatic rings. The number of carbonyl (C=O) groups is 3. The van der Waals surface area contributed by atoms with Crippen LogP contribution in [0, 0.1) is 0 Å². The van der Waals surface area contributed by atoms with E-state index in [0.717, 1.165) is 16.7 Å². The molecule has 1 atom stereocenters. The number of fused-ring (bicyclic) bond motifs is 1. The van der Waals surface area contributed by atoms with Gasteiger partial charge in [-0.25, -0.2) is 0 Å². The van der Waals surface area contributed by atoms with Crippen molar-refractivity contribution in [1.29, 1.82) is 0 Å². The summed E-state index contributed by atoms with van der Waals surface area (Å²) in [4.78, 5) is 37.1. The number of hydrogen-bond acceptors (Lipinski definition) is 3. The summed E-state index contributed by atoms with van der Waals surface area (Å²) in [5.74, 6) is -0.714. The van der Waals surface area contributed by atoms with Gasteiger partial charge in [-0.15, -0.1) is 0 Å². The fourth-order valence-corrected chi connectivity index (χ4v) is 3.21. The normalized spacial score (nSPS) is 15.1. The summed E-state index contributed by atoms with van der Waals surface area (Å²) >= 11 is 0. The van der Waals surface area contributed by atoms with Gasteiger partial charge in [-0.1, -0.05) is 36.4 Å². The molecule has 2 aromatic carbocycles. The van der Waals surface area contributed by atoms with Crippen LogP contribution in [-0.2, 0) is 20.8 Å². The molecular weight excluding hydrogens is 342 g/mol. The summed E-state index contributed by atoms with van der Waals surface area (Å²) in [6.45, 7) is 1.49. The Bertz CT molecular complexity index is 903. The summed E-state index contributed by atoms with van der Waals surface area (Å²) in [5, 5.41) is 2.84. The zero-order chi connectivity index (χ0) is 19.4. The lowest BCUT2D eigenvalue weighted by Gasteiger charge is -2.32. The molecule has 0 saturated carbocycles. The van der Waals surface area contributed by atoms with Crippen LogP contribution in [0.4, 0.5) is 5.69 Å². The number of hydrogen-bond donors (Lipinski definition) is 2. The Balaban J connectivity index is 1.73. The van der Waals surface area contributed by atoms with Crippen molar-refractivity contribution in [2.75, 3.05) is 5.32 Å². The number of rotatable bonds is 5. The average molecular weight is 363 g/mol. The van der Waals surface area contributed by atoms with Gasteiger partial charge in [-0.3, -0.25) is 14.4 Å². The molecule has 3 N–H and O–H groups in total. The van der Waals surface area contributed by atoms with Crippen LogP contribution in [0.3, 0.4) is 0 Å². The standard InChI is InChI=1S/C21H21N3O3/c1-14(25)24-11-10-16-4-2-3-5-18(16)19(24)13-21(27)23-17-8-6-15(7-9-17)12-20(22)26/h2-11,19H,12-13H2,1H3,(H2,22,26)(H,23,27). The van der Waals surface area contributed by atoms with E-state index in [1.54, 1.807) is 35.4 Å². The molecule has 3 amide bonds. The zero-order valence-corrected chi connectivity index (χ0v) is 15.0. The third-order valence-electron chi connectivity index (χ3n) is 4.46. The number of primary amides is 1. The maximum atomic E-state index is 12.6. The van der Waals surface area contributed by atoms with Gasteiger partial charge in [0.25, 0.3) is 0 Å². The van der Waals surface area contributed by atoms with Gasteiger partial charge < -0.3 is 16.0 Å². The molecule has 1 heterocycles. The Morgan fingerprint density at radius 2 is 1.78 bits per heavy atom. The molecule has 27 heavy (non-hydrogen) atoms. The largest absolute Gasteiger partial charge is 0.369 e. The molecular formula is C21H21N3O3. The summed E-state index contributed by atoms with van der Waals surface area (Å²) in [5.41, 5.74) is 8.54. The first-order valence-electron chi connectivity index (χ1n) is 8.67. The smallest absolute Gasteiger partial charge is 0.226 e. The van der Waals surface area contributed by atoms with Crippen molar-refractivity contribution in [2.45, 2.75) is 25.8 Å². The molecule has 0 fully saturated rings. The quantitative estimate of drug-likeness (QED) is 0.855. The van der Waals surface area contributed by atoms with Crippen LogP contribution in [0.5, 0.6) is 0 Å². The van der Waals surface area contributed by atoms with Gasteiger partial charge >= 0.3 is 0 Å². The molecule has 0 radical (unpaired) electrons. The second-order valence-electron chi connectivity index (χ2n) is 6.48. The van der Waals surface area contributed by atoms with Crippen molar-refractivity contribution < 1.29 is 14.4 Å². The number of carbonyl (C=O) groups excluding carboxylic acids is 3. The average Bonchev–Trinajstić information content (AvgIpc) is 2.63. The predicted octanol–water partition coefficient (Wildman–Crippen LogP) is 2.62. The van der Waals surface area contributed by atoms with E-state index in [1.165, 1.54) is 6.92 Å². The number of amides is 3. The Morgan fingerprint density at radius 1 is 1.07 bits per heavy atom. The van der Waals surface area contributed by atoms with Gasteiger partial charge in [0.2, 0.25) is 17.7 Å². The highest BCUT2D eigenvalue weighted by molar-refractivity contribution is 5.92. The van der Waals surface area contributed by atoms with Crippen molar-refractivity contribution in [1.82, 2.24) is 4.90 Å². The predicted molar refractivity (Wildman–Crippen MR) is 103 cm³/mol. The van der Waals surface area contributed by atoms with E-state index in [0.29, 0.717) is 5.69 Å². The van der Waals surface area contributed by atoms with E-state index in [9.17, 15) is 14.4 Å². The topological polar surface area (TPSA) is 92.5 Å². The lowest BCUT2D eigenvalue weighted by molar-refractivity contribution is -0.129. The van der Waals surface area contributed by atoms with Gasteiger partial charge in [0.05, 0.1) is 18.9 Å². The summed E-state index contributed by atoms with van der Waals surface area (Å²) < 4.78 is 0. The number of nitrogens with one attached hydrogen (secondary N) is 1. The Morgan fingerprint density at radius 3 is 2.44 bits per heavy atom. The lowest BCUT2D eigenvalue weighted by Crippen LogP contribution is -2.33. The van der Waals surface area contributed by atoms with Crippen LogP contribution in [-0.4, -0.2) is 22.6 Å². The van der Waals surface area contributed by atoms with Crippen molar-refractivity contribution >= 4 is 29.5 Å². The van der Waals surface area contributed by atoms with Crippen LogP contribution in [0.2, 0.25) is 0 Å². The minimum atomic E-state index is -0.403. The molecule has 1 aliphatic heterocycles. The first kappa shape index (κ1) is 18.4. The maximum absolute atomic E-state index is 12.6. The minimum absolute atomic E-state index is 0.116. The van der Waals surface area contributed by atoms with Gasteiger partial charge in [0.15, 0.2) is 0 Å². The second-order valence-corrected chi connectivity index (χ2v) is 6.48. The molecule has 6 heteroatoms. The van der Waals surface area contributed by atoms with Gasteiger partial charge in [-0.05, 0) is 34.9 Å². The molecule has 138 valence electrons. The lowest BCUT2D eigenvalue weighted by atomic mass is 9.93. The van der Waals surface area contributed by atoms with Crippen LogP contribution in [0.1, 0.15) is 36.1 Å². The molecule has 0 aliphatic carbocycles.